The third kappa shape index (κ3) is 3.36. The Kier molecular flexibility index (Phi) is 5.14. The van der Waals surface area contributed by atoms with E-state index >= 15 is 0 Å². The number of halogens is 2. The molecule has 0 fully saturated rings. The van der Waals surface area contributed by atoms with Gasteiger partial charge < -0.3 is 10.8 Å². The summed E-state index contributed by atoms with van der Waals surface area (Å²) in [5.41, 5.74) is 5.55. The van der Waals surface area contributed by atoms with Crippen molar-refractivity contribution in [3.05, 3.63) is 23.0 Å². The van der Waals surface area contributed by atoms with E-state index in [1.807, 2.05) is 0 Å². The largest absolute Gasteiger partial charge is 0.399 e. The second kappa shape index (κ2) is 6.04. The average molecular weight is 311 g/mol. The van der Waals surface area contributed by atoms with Crippen molar-refractivity contribution in [1.29, 1.82) is 0 Å². The molecule has 8 heteroatoms. The Morgan fingerprint density at radius 1 is 1.47 bits per heavy atom. The lowest BCUT2D eigenvalue weighted by molar-refractivity contribution is 0.236. The number of aliphatic hydroxyl groups is 1. The molecule has 0 radical (unpaired) electrons. The monoisotopic (exact) mass is 310 g/mol. The van der Waals surface area contributed by atoms with Crippen LogP contribution in [0.5, 0.6) is 0 Å². The van der Waals surface area contributed by atoms with Gasteiger partial charge in [0.05, 0.1) is 11.6 Å². The van der Waals surface area contributed by atoms with Gasteiger partial charge in [0.15, 0.2) is 5.82 Å². The van der Waals surface area contributed by atoms with Crippen LogP contribution >= 0.6 is 11.6 Å². The molecule has 3 N–H and O–H groups in total. The molecule has 1 aromatic rings. The Morgan fingerprint density at radius 2 is 2.05 bits per heavy atom. The Hall–Kier alpha value is -0.890. The van der Waals surface area contributed by atoms with Gasteiger partial charge >= 0.3 is 0 Å². The van der Waals surface area contributed by atoms with Gasteiger partial charge in [-0.15, -0.1) is 0 Å². The number of anilines is 1. The van der Waals surface area contributed by atoms with Crippen LogP contribution in [0.1, 0.15) is 13.8 Å². The van der Waals surface area contributed by atoms with Gasteiger partial charge in [-0.25, -0.2) is 12.8 Å². The predicted octanol–water partition coefficient (Wildman–Crippen LogP) is 1.45. The van der Waals surface area contributed by atoms with Crippen molar-refractivity contribution < 1.29 is 17.9 Å². The highest BCUT2D eigenvalue weighted by molar-refractivity contribution is 7.89. The SMILES string of the molecule is CC(C)N(CCO)S(=O)(=O)c1cc(N)cc(Cl)c1F. The maximum absolute atomic E-state index is 13.9. The van der Waals surface area contributed by atoms with E-state index in [-0.39, 0.29) is 23.9 Å². The minimum absolute atomic E-state index is 0.0534. The molecule has 0 heterocycles. The maximum atomic E-state index is 13.9. The second-order valence-corrected chi connectivity index (χ2v) is 6.51. The first-order valence-electron chi connectivity index (χ1n) is 5.59. The highest BCUT2D eigenvalue weighted by Crippen LogP contribution is 2.28. The molecular weight excluding hydrogens is 295 g/mol. The predicted molar refractivity (Wildman–Crippen MR) is 71.9 cm³/mol. The number of hydrogen-bond donors (Lipinski definition) is 2. The summed E-state index contributed by atoms with van der Waals surface area (Å²) in [4.78, 5) is -0.584. The fourth-order valence-corrected chi connectivity index (χ4v) is 3.69. The van der Waals surface area contributed by atoms with E-state index in [2.05, 4.69) is 0 Å². The van der Waals surface area contributed by atoms with Crippen LogP contribution in [-0.4, -0.2) is 37.0 Å². The third-order valence-electron chi connectivity index (χ3n) is 2.50. The summed E-state index contributed by atoms with van der Waals surface area (Å²) in [6.07, 6.45) is 0. The summed E-state index contributed by atoms with van der Waals surface area (Å²) in [6.45, 7) is 2.75. The molecule has 0 saturated heterocycles. The van der Waals surface area contributed by atoms with E-state index in [0.29, 0.717) is 0 Å². The van der Waals surface area contributed by atoms with Crippen LogP contribution in [0, 0.1) is 5.82 Å². The number of hydrogen-bond acceptors (Lipinski definition) is 4. The van der Waals surface area contributed by atoms with Gasteiger partial charge in [0, 0.05) is 18.3 Å². The van der Waals surface area contributed by atoms with Crippen molar-refractivity contribution in [2.75, 3.05) is 18.9 Å². The second-order valence-electron chi connectivity index (χ2n) is 4.25. The minimum atomic E-state index is -4.10. The summed E-state index contributed by atoms with van der Waals surface area (Å²) >= 11 is 5.60. The zero-order valence-corrected chi connectivity index (χ0v) is 12.2. The molecule has 1 rings (SSSR count). The van der Waals surface area contributed by atoms with Crippen molar-refractivity contribution in [2.45, 2.75) is 24.8 Å². The Bertz CT molecular complexity index is 563. The smallest absolute Gasteiger partial charge is 0.246 e. The molecule has 0 spiro atoms. The average Bonchev–Trinajstić information content (AvgIpc) is 2.29. The molecule has 108 valence electrons. The molecule has 0 amide bonds. The van der Waals surface area contributed by atoms with E-state index < -0.39 is 26.8 Å². The van der Waals surface area contributed by atoms with Crippen molar-refractivity contribution in [1.82, 2.24) is 4.31 Å². The molecule has 0 aliphatic heterocycles. The van der Waals surface area contributed by atoms with Gasteiger partial charge in [-0.2, -0.15) is 4.31 Å². The van der Waals surface area contributed by atoms with Crippen LogP contribution < -0.4 is 5.73 Å². The molecule has 0 saturated carbocycles. The Balaban J connectivity index is 3.41. The number of nitrogens with zero attached hydrogens (tertiary/aromatic N) is 1. The normalized spacial score (nSPS) is 12.4. The molecule has 0 bridgehead atoms. The van der Waals surface area contributed by atoms with Gasteiger partial charge in [0.1, 0.15) is 4.90 Å². The number of sulfonamides is 1. The maximum Gasteiger partial charge on any atom is 0.246 e. The summed E-state index contributed by atoms with van der Waals surface area (Å²) in [6, 6.07) is 1.72. The zero-order valence-electron chi connectivity index (χ0n) is 10.6. The van der Waals surface area contributed by atoms with E-state index in [1.165, 1.54) is 0 Å². The number of nitrogen functional groups attached to an aromatic ring is 1. The van der Waals surface area contributed by atoms with Crippen LogP contribution in [0.15, 0.2) is 17.0 Å². The van der Waals surface area contributed by atoms with Crippen LogP contribution in [0.3, 0.4) is 0 Å². The molecule has 19 heavy (non-hydrogen) atoms. The lowest BCUT2D eigenvalue weighted by Gasteiger charge is -2.25. The molecule has 1 aromatic carbocycles. The highest BCUT2D eigenvalue weighted by Gasteiger charge is 2.30. The van der Waals surface area contributed by atoms with Gasteiger partial charge in [0.25, 0.3) is 0 Å². The van der Waals surface area contributed by atoms with Crippen molar-refractivity contribution in [3.63, 3.8) is 0 Å². The quantitative estimate of drug-likeness (QED) is 0.806. The summed E-state index contributed by atoms with van der Waals surface area (Å²) in [5.74, 6) is -1.04. The van der Waals surface area contributed by atoms with Crippen LogP contribution in [0.2, 0.25) is 5.02 Å². The van der Waals surface area contributed by atoms with Crippen LogP contribution in [0.4, 0.5) is 10.1 Å². The van der Waals surface area contributed by atoms with E-state index in [1.54, 1.807) is 13.8 Å². The molecule has 0 aliphatic carbocycles. The van der Waals surface area contributed by atoms with Gasteiger partial charge in [0.2, 0.25) is 10.0 Å². The number of nitrogens with two attached hydrogens (primary N) is 1. The zero-order chi connectivity index (χ0) is 14.8. The first-order valence-corrected chi connectivity index (χ1v) is 7.40. The van der Waals surface area contributed by atoms with Crippen molar-refractivity contribution in [2.24, 2.45) is 0 Å². The fraction of sp³-hybridized carbons (Fsp3) is 0.455. The minimum Gasteiger partial charge on any atom is -0.399 e. The van der Waals surface area contributed by atoms with Crippen LogP contribution in [-0.2, 0) is 10.0 Å². The fourth-order valence-electron chi connectivity index (χ4n) is 1.65. The van der Waals surface area contributed by atoms with Gasteiger partial charge in [-0.1, -0.05) is 11.6 Å². The van der Waals surface area contributed by atoms with Gasteiger partial charge in [-0.05, 0) is 26.0 Å². The van der Waals surface area contributed by atoms with Crippen molar-refractivity contribution in [3.8, 4) is 0 Å². The molecule has 0 atom stereocenters. The number of aliphatic hydroxyl groups excluding tert-OH is 1. The molecule has 0 unspecified atom stereocenters. The first kappa shape index (κ1) is 16.2. The van der Waals surface area contributed by atoms with E-state index in [4.69, 9.17) is 22.4 Å². The Labute approximate surface area is 116 Å². The van der Waals surface area contributed by atoms with Crippen molar-refractivity contribution >= 4 is 27.3 Å². The first-order chi connectivity index (χ1) is 8.71. The van der Waals surface area contributed by atoms with Gasteiger partial charge in [-0.3, -0.25) is 0 Å². The molecule has 0 aromatic heterocycles. The summed E-state index contributed by atoms with van der Waals surface area (Å²) in [5, 5.41) is 8.57. The van der Waals surface area contributed by atoms with Crippen LogP contribution in [0.25, 0.3) is 0 Å². The highest BCUT2D eigenvalue weighted by atomic mass is 35.5. The standard InChI is InChI=1S/C11H16ClFN2O3S/c1-7(2)15(3-4-16)19(17,18)10-6-8(14)5-9(12)11(10)13/h5-7,16H,3-4,14H2,1-2H3. The lowest BCUT2D eigenvalue weighted by Crippen LogP contribution is -2.39. The third-order valence-corrected chi connectivity index (χ3v) is 4.85. The topological polar surface area (TPSA) is 83.6 Å². The number of rotatable bonds is 5. The Morgan fingerprint density at radius 3 is 2.53 bits per heavy atom. The van der Waals surface area contributed by atoms with E-state index in [0.717, 1.165) is 16.4 Å². The molecule has 0 aliphatic rings. The van der Waals surface area contributed by atoms with E-state index in [9.17, 15) is 12.8 Å². The summed E-state index contributed by atoms with van der Waals surface area (Å²) in [7, 11) is -4.10. The molecule has 5 nitrogen and oxygen atoms in total. The lowest BCUT2D eigenvalue weighted by atomic mass is 10.3. The molecular formula is C11H16ClFN2O3S. The summed E-state index contributed by atoms with van der Waals surface area (Å²) < 4.78 is 39.6. The number of benzene rings is 1.